The number of ether oxygens (including phenoxy) is 2. The predicted molar refractivity (Wildman–Crippen MR) is 186 cm³/mol. The lowest BCUT2D eigenvalue weighted by molar-refractivity contribution is -0.138. The molecule has 0 saturated carbocycles. The molecule has 5 rings (SSSR count). The van der Waals surface area contributed by atoms with Crippen LogP contribution >= 0.6 is 33.9 Å². The Hall–Kier alpha value is -3.76. The van der Waals surface area contributed by atoms with Crippen molar-refractivity contribution >= 4 is 63.5 Å². The van der Waals surface area contributed by atoms with Crippen LogP contribution in [0.4, 0.5) is 13.6 Å². The summed E-state index contributed by atoms with van der Waals surface area (Å²) >= 11 is 3.11. The summed E-state index contributed by atoms with van der Waals surface area (Å²) < 4.78 is 39.3. The minimum atomic E-state index is -1.97. The molecule has 4 amide bonds. The molecule has 0 radical (unpaired) electrons. The highest BCUT2D eigenvalue weighted by molar-refractivity contribution is 14.1. The van der Waals surface area contributed by atoms with Crippen LogP contribution in [0, 0.1) is 0 Å². The molecule has 3 aromatic rings. The number of nitrogens with one attached hydrogen (secondary N) is 2. The molecule has 254 valence electrons. The van der Waals surface area contributed by atoms with Crippen molar-refractivity contribution < 1.29 is 37.4 Å². The van der Waals surface area contributed by atoms with Gasteiger partial charge in [0.2, 0.25) is 15.5 Å². The maximum Gasteiger partial charge on any atom is 0.433 e. The van der Waals surface area contributed by atoms with Gasteiger partial charge in [0.25, 0.3) is 5.91 Å². The SMILES string of the molecule is CCC(=NC(=O)OC)c1csc([C@@H](C)NC(=O)C2C[C@](F)(COC)CN2C(=O)CNC(=O)c2ccc3c(c2)-c2ccccc2C3(F)I)c1. The molecule has 4 atom stereocenters. The first-order chi connectivity index (χ1) is 22.8. The number of hydrogen-bond acceptors (Lipinski definition) is 7. The topological polar surface area (TPSA) is 126 Å². The minimum absolute atomic E-state index is 0.229. The van der Waals surface area contributed by atoms with Gasteiger partial charge in [0.05, 0.1) is 38.6 Å². The number of hydrogen-bond donors (Lipinski definition) is 2. The molecule has 48 heavy (non-hydrogen) atoms. The maximum absolute atomic E-state index is 15.8. The van der Waals surface area contributed by atoms with E-state index in [2.05, 4.69) is 20.4 Å². The van der Waals surface area contributed by atoms with E-state index in [-0.39, 0.29) is 25.1 Å². The number of carbonyl (C=O) groups excluding carboxylic acids is 4. The molecule has 14 heteroatoms. The van der Waals surface area contributed by atoms with Crippen molar-refractivity contribution in [3.63, 3.8) is 0 Å². The van der Waals surface area contributed by atoms with Crippen LogP contribution in [0.25, 0.3) is 11.1 Å². The first-order valence-corrected chi connectivity index (χ1v) is 17.2. The zero-order chi connectivity index (χ0) is 34.8. The van der Waals surface area contributed by atoms with Crippen molar-refractivity contribution in [2.24, 2.45) is 4.99 Å². The Morgan fingerprint density at radius 2 is 1.81 bits per heavy atom. The molecular weight excluding hydrogens is 757 g/mol. The molecule has 1 fully saturated rings. The fraction of sp³-hybridized carbons (Fsp3) is 0.382. The van der Waals surface area contributed by atoms with E-state index in [4.69, 9.17) is 4.74 Å². The normalized spacial score (nSPS) is 22.1. The van der Waals surface area contributed by atoms with Crippen LogP contribution in [-0.2, 0) is 22.7 Å². The third-order valence-corrected chi connectivity index (χ3v) is 10.7. The lowest BCUT2D eigenvalue weighted by Crippen LogP contribution is -2.49. The fourth-order valence-electron chi connectivity index (χ4n) is 6.09. The van der Waals surface area contributed by atoms with Crippen LogP contribution in [-0.4, -0.2) is 80.1 Å². The van der Waals surface area contributed by atoms with Crippen molar-refractivity contribution in [3.05, 3.63) is 81.0 Å². The molecule has 2 heterocycles. The Bertz CT molecular complexity index is 1780. The van der Waals surface area contributed by atoms with Crippen LogP contribution in [0.2, 0.25) is 0 Å². The summed E-state index contributed by atoms with van der Waals surface area (Å²) in [6.45, 7) is 2.42. The number of fused-ring (bicyclic) bond motifs is 3. The lowest BCUT2D eigenvalue weighted by Gasteiger charge is -2.25. The predicted octanol–water partition coefficient (Wildman–Crippen LogP) is 5.86. The number of amides is 4. The monoisotopic (exact) mass is 792 g/mol. The van der Waals surface area contributed by atoms with Gasteiger partial charge in [0.1, 0.15) is 6.04 Å². The fourth-order valence-corrected chi connectivity index (χ4v) is 7.96. The molecule has 1 aromatic heterocycles. The molecule has 2 N–H and O–H groups in total. The van der Waals surface area contributed by atoms with E-state index in [0.717, 1.165) is 9.78 Å². The molecule has 0 bridgehead atoms. The van der Waals surface area contributed by atoms with E-state index in [0.29, 0.717) is 39.9 Å². The number of methoxy groups -OCH3 is 2. The molecule has 1 aliphatic heterocycles. The number of likely N-dealkylation sites (tertiary alicyclic amines) is 1. The van der Waals surface area contributed by atoms with Gasteiger partial charge in [-0.2, -0.15) is 4.99 Å². The van der Waals surface area contributed by atoms with Gasteiger partial charge in [-0.15, -0.1) is 11.3 Å². The number of alkyl halides is 3. The number of halogens is 3. The average Bonchev–Trinajstić information content (AvgIpc) is 3.76. The smallest absolute Gasteiger partial charge is 0.433 e. The number of rotatable bonds is 10. The Kier molecular flexibility index (Phi) is 10.7. The number of aliphatic imine (C=N–C) groups is 1. The van der Waals surface area contributed by atoms with Crippen molar-refractivity contribution in [1.82, 2.24) is 15.5 Å². The summed E-state index contributed by atoms with van der Waals surface area (Å²) in [6, 6.07) is 11.9. The molecule has 0 spiro atoms. The van der Waals surface area contributed by atoms with Crippen LogP contribution in [0.15, 0.2) is 58.9 Å². The number of thiophene rings is 1. The third kappa shape index (κ3) is 7.15. The minimum Gasteiger partial charge on any atom is -0.451 e. The Morgan fingerprint density at radius 1 is 1.08 bits per heavy atom. The second kappa shape index (κ2) is 14.4. The summed E-state index contributed by atoms with van der Waals surface area (Å²) in [5.74, 6) is -1.77. The van der Waals surface area contributed by atoms with E-state index >= 15 is 8.78 Å². The number of nitrogens with zero attached hydrogens (tertiary/aromatic N) is 2. The molecule has 10 nitrogen and oxygen atoms in total. The molecule has 2 unspecified atom stereocenters. The summed E-state index contributed by atoms with van der Waals surface area (Å²) in [5, 5.41) is 7.27. The largest absolute Gasteiger partial charge is 0.451 e. The van der Waals surface area contributed by atoms with E-state index in [1.54, 1.807) is 65.9 Å². The molecular formula is C34H35F2IN4O6S. The number of benzene rings is 2. The summed E-state index contributed by atoms with van der Waals surface area (Å²) in [6.07, 6.45) is -0.515. The van der Waals surface area contributed by atoms with E-state index in [1.165, 1.54) is 31.6 Å². The highest BCUT2D eigenvalue weighted by Gasteiger charge is 2.49. The van der Waals surface area contributed by atoms with Gasteiger partial charge >= 0.3 is 6.09 Å². The van der Waals surface area contributed by atoms with Gasteiger partial charge in [-0.3, -0.25) is 14.4 Å². The zero-order valence-electron chi connectivity index (χ0n) is 26.8. The Labute approximate surface area is 294 Å². The standard InChI is InChI=1S/C34H35F2IN4O6S/c1-5-26(40-32(45)47-4)21-13-28(48-16-21)19(2)39-31(44)27-14-33(35,18-46-3)17-41(27)29(42)15-38-30(43)20-10-11-25-23(12-20)22-8-6-7-9-24(22)34(25,36)37/h6-13,16,19,27H,5,14-15,17-18H2,1-4H3,(H,38,43)(H,39,44)/t19-,27?,33-,34?/m1/s1. The Morgan fingerprint density at radius 3 is 2.52 bits per heavy atom. The van der Waals surface area contributed by atoms with Gasteiger partial charge in [0, 0.05) is 46.0 Å². The quantitative estimate of drug-likeness (QED) is 0.151. The van der Waals surface area contributed by atoms with Gasteiger partial charge in [-0.1, -0.05) is 37.3 Å². The zero-order valence-corrected chi connectivity index (χ0v) is 29.7. The second-order valence-corrected chi connectivity index (χ2v) is 14.2. The molecule has 1 saturated heterocycles. The van der Waals surface area contributed by atoms with Crippen molar-refractivity contribution in [3.8, 4) is 11.1 Å². The summed E-state index contributed by atoms with van der Waals surface area (Å²) in [7, 11) is 2.58. The Balaban J connectivity index is 1.27. The van der Waals surface area contributed by atoms with Crippen LogP contribution in [0.1, 0.15) is 64.7 Å². The van der Waals surface area contributed by atoms with Crippen molar-refractivity contribution in [2.75, 3.05) is 33.9 Å². The van der Waals surface area contributed by atoms with Crippen molar-refractivity contribution in [2.45, 2.75) is 48.1 Å². The van der Waals surface area contributed by atoms with Gasteiger partial charge < -0.3 is 25.0 Å². The number of carbonyl (C=O) groups is 4. The lowest BCUT2D eigenvalue weighted by atomic mass is 10.0. The maximum atomic E-state index is 15.8. The van der Waals surface area contributed by atoms with E-state index in [9.17, 15) is 19.2 Å². The van der Waals surface area contributed by atoms with Gasteiger partial charge in [-0.25, -0.2) is 13.6 Å². The summed E-state index contributed by atoms with van der Waals surface area (Å²) in [5.41, 5.74) is 1.72. The summed E-state index contributed by atoms with van der Waals surface area (Å²) in [4.78, 5) is 57.6. The first kappa shape index (κ1) is 35.5. The average molecular weight is 793 g/mol. The highest BCUT2D eigenvalue weighted by Crippen LogP contribution is 2.54. The molecule has 2 aliphatic rings. The molecule has 1 aliphatic carbocycles. The van der Waals surface area contributed by atoms with Crippen LogP contribution in [0.5, 0.6) is 0 Å². The first-order valence-electron chi connectivity index (χ1n) is 15.2. The third-order valence-electron chi connectivity index (χ3n) is 8.47. The van der Waals surface area contributed by atoms with E-state index in [1.807, 2.05) is 18.4 Å². The van der Waals surface area contributed by atoms with Crippen molar-refractivity contribution in [1.29, 1.82) is 0 Å². The van der Waals surface area contributed by atoms with Crippen LogP contribution in [0.3, 0.4) is 0 Å². The van der Waals surface area contributed by atoms with E-state index < -0.39 is 51.8 Å². The highest BCUT2D eigenvalue weighted by atomic mass is 127. The second-order valence-electron chi connectivity index (χ2n) is 11.7. The van der Waals surface area contributed by atoms with Gasteiger partial charge in [0.15, 0.2) is 5.67 Å². The van der Waals surface area contributed by atoms with Gasteiger partial charge in [-0.05, 0) is 65.3 Å². The van der Waals surface area contributed by atoms with Crippen LogP contribution < -0.4 is 10.6 Å². The molecule has 2 aromatic carbocycles.